The van der Waals surface area contributed by atoms with Gasteiger partial charge in [0.1, 0.15) is 0 Å². The van der Waals surface area contributed by atoms with Crippen molar-refractivity contribution in [2.24, 2.45) is 0 Å². The number of hydrogen-bond donors (Lipinski definition) is 1. The highest BCUT2D eigenvalue weighted by Gasteiger charge is 2.02. The first-order chi connectivity index (χ1) is 5.77. The van der Waals surface area contributed by atoms with Crippen LogP contribution in [-0.2, 0) is 0 Å². The summed E-state index contributed by atoms with van der Waals surface area (Å²) >= 11 is 0. The number of aliphatic hydroxyl groups excluding tert-OH is 1. The fourth-order valence-corrected chi connectivity index (χ4v) is 1.01. The summed E-state index contributed by atoms with van der Waals surface area (Å²) < 4.78 is 0. The summed E-state index contributed by atoms with van der Waals surface area (Å²) in [6.45, 7) is 8.65. The monoisotopic (exact) mass is 161 g/mol. The van der Waals surface area contributed by atoms with Gasteiger partial charge < -0.3 is 5.11 Å². The Morgan fingerprint density at radius 3 is 2.42 bits per heavy atom. The van der Waals surface area contributed by atoms with Gasteiger partial charge in [0.2, 0.25) is 0 Å². The molecule has 1 N–H and O–H groups in total. The summed E-state index contributed by atoms with van der Waals surface area (Å²) in [7, 11) is 0. The lowest BCUT2D eigenvalue weighted by Crippen LogP contribution is -1.93. The Bertz CT molecular complexity index is 284. The molecule has 2 nitrogen and oxygen atoms in total. The van der Waals surface area contributed by atoms with Crippen LogP contribution in [0.15, 0.2) is 24.3 Å². The predicted octanol–water partition coefficient (Wildman–Crippen LogP) is 2.68. The van der Waals surface area contributed by atoms with Gasteiger partial charge >= 0.3 is 0 Å². The van der Waals surface area contributed by atoms with E-state index in [0.29, 0.717) is 12.1 Å². The van der Waals surface area contributed by atoms with Gasteiger partial charge in [-0.2, -0.15) is 0 Å². The highest BCUT2D eigenvalue weighted by atomic mass is 16.3. The number of nitrogens with zero attached hydrogens (tertiary/aromatic N) is 1. The van der Waals surface area contributed by atoms with Crippen molar-refractivity contribution < 1.29 is 5.11 Å². The number of benzene rings is 1. The van der Waals surface area contributed by atoms with Crippen LogP contribution in [0.2, 0.25) is 0 Å². The zero-order chi connectivity index (χ0) is 8.97. The normalized spacial score (nSPS) is 12.1. The minimum Gasteiger partial charge on any atom is -0.388 e. The standard InChI is InChI=1S/C10H11NO/c1-3-10(12)8-4-6-9(11-2)7-5-8/h4-7,10,12H,3H2,1H3. The van der Waals surface area contributed by atoms with Gasteiger partial charge in [-0.05, 0) is 12.0 Å². The average Bonchev–Trinajstić information content (AvgIpc) is 2.17. The summed E-state index contributed by atoms with van der Waals surface area (Å²) in [5.41, 5.74) is 1.49. The van der Waals surface area contributed by atoms with E-state index in [1.807, 2.05) is 6.92 Å². The predicted molar refractivity (Wildman–Crippen MR) is 48.0 cm³/mol. The molecule has 0 fully saturated rings. The second-order valence-corrected chi connectivity index (χ2v) is 2.63. The minimum absolute atomic E-state index is 0.398. The van der Waals surface area contributed by atoms with E-state index in [1.165, 1.54) is 0 Å². The Balaban J connectivity index is 2.86. The molecule has 0 saturated heterocycles. The van der Waals surface area contributed by atoms with Crippen LogP contribution in [0.25, 0.3) is 4.85 Å². The lowest BCUT2D eigenvalue weighted by molar-refractivity contribution is 0.173. The quantitative estimate of drug-likeness (QED) is 0.662. The Morgan fingerprint density at radius 2 is 2.00 bits per heavy atom. The number of hydrogen-bond acceptors (Lipinski definition) is 1. The molecule has 62 valence electrons. The van der Waals surface area contributed by atoms with Crippen molar-refractivity contribution in [3.05, 3.63) is 41.2 Å². The second kappa shape index (κ2) is 3.89. The van der Waals surface area contributed by atoms with E-state index in [2.05, 4.69) is 4.85 Å². The van der Waals surface area contributed by atoms with Crippen molar-refractivity contribution in [1.29, 1.82) is 0 Å². The van der Waals surface area contributed by atoms with Crippen molar-refractivity contribution in [2.75, 3.05) is 0 Å². The van der Waals surface area contributed by atoms with Crippen LogP contribution in [0, 0.1) is 6.57 Å². The summed E-state index contributed by atoms with van der Waals surface area (Å²) in [5, 5.41) is 9.42. The van der Waals surface area contributed by atoms with Crippen LogP contribution >= 0.6 is 0 Å². The van der Waals surface area contributed by atoms with Crippen LogP contribution in [0.4, 0.5) is 5.69 Å². The molecule has 0 spiro atoms. The van der Waals surface area contributed by atoms with Crippen molar-refractivity contribution in [2.45, 2.75) is 19.4 Å². The van der Waals surface area contributed by atoms with Crippen LogP contribution in [-0.4, -0.2) is 5.11 Å². The highest BCUT2D eigenvalue weighted by molar-refractivity contribution is 5.45. The Hall–Kier alpha value is -1.33. The molecule has 0 aromatic heterocycles. The molecule has 0 aliphatic heterocycles. The maximum absolute atomic E-state index is 9.42. The fraction of sp³-hybridized carbons (Fsp3) is 0.300. The van der Waals surface area contributed by atoms with Gasteiger partial charge in [-0.3, -0.25) is 0 Å². The summed E-state index contributed by atoms with van der Waals surface area (Å²) in [6, 6.07) is 7.03. The van der Waals surface area contributed by atoms with Crippen molar-refractivity contribution in [3.8, 4) is 0 Å². The van der Waals surface area contributed by atoms with Gasteiger partial charge in [0.25, 0.3) is 0 Å². The molecule has 12 heavy (non-hydrogen) atoms. The van der Waals surface area contributed by atoms with Gasteiger partial charge in [-0.25, -0.2) is 4.85 Å². The molecule has 1 atom stereocenters. The molecule has 0 aliphatic carbocycles. The van der Waals surface area contributed by atoms with Crippen LogP contribution in [0.3, 0.4) is 0 Å². The molecule has 0 saturated carbocycles. The average molecular weight is 161 g/mol. The van der Waals surface area contributed by atoms with Crippen molar-refractivity contribution in [1.82, 2.24) is 0 Å². The van der Waals surface area contributed by atoms with E-state index in [9.17, 15) is 5.11 Å². The maximum atomic E-state index is 9.42. The van der Waals surface area contributed by atoms with E-state index >= 15 is 0 Å². The zero-order valence-electron chi connectivity index (χ0n) is 6.99. The lowest BCUT2D eigenvalue weighted by atomic mass is 10.1. The first-order valence-corrected chi connectivity index (χ1v) is 3.93. The third-order valence-electron chi connectivity index (χ3n) is 1.79. The third-order valence-corrected chi connectivity index (χ3v) is 1.79. The summed E-state index contributed by atoms with van der Waals surface area (Å²) in [5.74, 6) is 0. The van der Waals surface area contributed by atoms with E-state index in [0.717, 1.165) is 5.56 Å². The highest BCUT2D eigenvalue weighted by Crippen LogP contribution is 2.19. The molecule has 1 aromatic rings. The summed E-state index contributed by atoms with van der Waals surface area (Å²) in [4.78, 5) is 3.27. The van der Waals surface area contributed by atoms with Crippen LogP contribution in [0.1, 0.15) is 25.0 Å². The molecule has 0 bridgehead atoms. The molecule has 1 rings (SSSR count). The molecular formula is C10H11NO. The van der Waals surface area contributed by atoms with Gasteiger partial charge in [0.05, 0.1) is 12.7 Å². The zero-order valence-corrected chi connectivity index (χ0v) is 6.99. The fourth-order valence-electron chi connectivity index (χ4n) is 1.01. The largest absolute Gasteiger partial charge is 0.388 e. The van der Waals surface area contributed by atoms with Crippen molar-refractivity contribution in [3.63, 3.8) is 0 Å². The Labute approximate surface area is 72.3 Å². The third kappa shape index (κ3) is 1.84. The smallest absolute Gasteiger partial charge is 0.187 e. The molecular weight excluding hydrogens is 150 g/mol. The van der Waals surface area contributed by atoms with Gasteiger partial charge in [0.15, 0.2) is 5.69 Å². The maximum Gasteiger partial charge on any atom is 0.187 e. The summed E-state index contributed by atoms with van der Waals surface area (Å²) in [6.07, 6.45) is 0.307. The first-order valence-electron chi connectivity index (χ1n) is 3.93. The van der Waals surface area contributed by atoms with Crippen LogP contribution < -0.4 is 0 Å². The molecule has 2 heteroatoms. The molecule has 0 heterocycles. The van der Waals surface area contributed by atoms with Crippen molar-refractivity contribution >= 4 is 5.69 Å². The van der Waals surface area contributed by atoms with E-state index in [4.69, 9.17) is 6.57 Å². The van der Waals surface area contributed by atoms with Gasteiger partial charge in [-0.1, -0.05) is 31.2 Å². The Kier molecular flexibility index (Phi) is 2.84. The van der Waals surface area contributed by atoms with Gasteiger partial charge in [-0.15, -0.1) is 0 Å². The minimum atomic E-state index is -0.398. The molecule has 0 aliphatic rings. The Morgan fingerprint density at radius 1 is 1.42 bits per heavy atom. The lowest BCUT2D eigenvalue weighted by Gasteiger charge is -2.06. The molecule has 1 unspecified atom stereocenters. The first kappa shape index (κ1) is 8.76. The van der Waals surface area contributed by atoms with Crippen LogP contribution in [0.5, 0.6) is 0 Å². The molecule has 0 amide bonds. The molecule has 0 radical (unpaired) electrons. The molecule has 1 aromatic carbocycles. The SMILES string of the molecule is [C-]#[N+]c1ccc(C(O)CC)cc1. The topological polar surface area (TPSA) is 24.6 Å². The number of rotatable bonds is 2. The number of aliphatic hydroxyl groups is 1. The van der Waals surface area contributed by atoms with E-state index in [1.54, 1.807) is 24.3 Å². The van der Waals surface area contributed by atoms with E-state index in [-0.39, 0.29) is 0 Å². The second-order valence-electron chi connectivity index (χ2n) is 2.63. The van der Waals surface area contributed by atoms with E-state index < -0.39 is 6.10 Å². The van der Waals surface area contributed by atoms with Gasteiger partial charge in [0, 0.05) is 0 Å².